The lowest BCUT2D eigenvalue weighted by Crippen LogP contribution is -2.38. The lowest BCUT2D eigenvalue weighted by atomic mass is 10.0. The minimum absolute atomic E-state index is 0.0557. The summed E-state index contributed by atoms with van der Waals surface area (Å²) in [7, 11) is 0. The maximum Gasteiger partial charge on any atom is 0.412 e. The Morgan fingerprint density at radius 2 is 2.00 bits per heavy atom. The van der Waals surface area contributed by atoms with E-state index in [4.69, 9.17) is 0 Å². The van der Waals surface area contributed by atoms with E-state index in [0.29, 0.717) is 12.3 Å². The van der Waals surface area contributed by atoms with E-state index in [1.165, 1.54) is 0 Å². The molecule has 1 aromatic rings. The molecule has 0 bridgehead atoms. The van der Waals surface area contributed by atoms with Crippen LogP contribution >= 0.6 is 0 Å². The lowest BCUT2D eigenvalue weighted by molar-refractivity contribution is -0.163. The second-order valence-corrected chi connectivity index (χ2v) is 5.49. The van der Waals surface area contributed by atoms with Gasteiger partial charge in [0.1, 0.15) is 5.82 Å². The SMILES string of the molecule is O=C(CCC1CCNC1)NC(c1ccc(F)cc1)C(F)(F)F. The smallest absolute Gasteiger partial charge is 0.341 e. The van der Waals surface area contributed by atoms with E-state index >= 15 is 0 Å². The molecule has 122 valence electrons. The van der Waals surface area contributed by atoms with Crippen LogP contribution in [-0.4, -0.2) is 25.2 Å². The maximum atomic E-state index is 13.1. The van der Waals surface area contributed by atoms with Crippen molar-refractivity contribution in [2.75, 3.05) is 13.1 Å². The average molecular weight is 318 g/mol. The van der Waals surface area contributed by atoms with Crippen molar-refractivity contribution >= 4 is 5.91 Å². The monoisotopic (exact) mass is 318 g/mol. The van der Waals surface area contributed by atoms with Gasteiger partial charge in [-0.3, -0.25) is 4.79 Å². The first-order valence-corrected chi connectivity index (χ1v) is 7.18. The summed E-state index contributed by atoms with van der Waals surface area (Å²) in [6.45, 7) is 1.68. The standard InChI is InChI=1S/C15H18F4N2O/c16-12-4-2-11(3-5-12)14(15(17,18)19)21-13(22)6-1-10-7-8-20-9-10/h2-5,10,14,20H,1,6-9H2,(H,21,22). The van der Waals surface area contributed by atoms with Gasteiger partial charge in [-0.05, 0) is 49.5 Å². The summed E-state index contributed by atoms with van der Waals surface area (Å²) < 4.78 is 52.1. The number of halogens is 4. The van der Waals surface area contributed by atoms with Gasteiger partial charge >= 0.3 is 6.18 Å². The number of nitrogens with one attached hydrogen (secondary N) is 2. The summed E-state index contributed by atoms with van der Waals surface area (Å²) in [5.74, 6) is -0.927. The number of alkyl halides is 3. The molecule has 1 aliphatic heterocycles. The van der Waals surface area contributed by atoms with Gasteiger partial charge in [0.25, 0.3) is 0 Å². The fraction of sp³-hybridized carbons (Fsp3) is 0.533. The van der Waals surface area contributed by atoms with E-state index in [0.717, 1.165) is 43.8 Å². The van der Waals surface area contributed by atoms with E-state index in [-0.39, 0.29) is 12.0 Å². The Kier molecular flexibility index (Phi) is 5.39. The largest absolute Gasteiger partial charge is 0.412 e. The minimum atomic E-state index is -4.62. The maximum absolute atomic E-state index is 13.1. The molecule has 2 rings (SSSR count). The third-order valence-corrected chi connectivity index (χ3v) is 3.78. The molecule has 7 heteroatoms. The first kappa shape index (κ1) is 16.7. The minimum Gasteiger partial charge on any atom is -0.341 e. The van der Waals surface area contributed by atoms with Crippen LogP contribution in [0.5, 0.6) is 0 Å². The zero-order chi connectivity index (χ0) is 16.2. The highest BCUT2D eigenvalue weighted by molar-refractivity contribution is 5.76. The summed E-state index contributed by atoms with van der Waals surface area (Å²) in [6.07, 6.45) is -3.07. The second-order valence-electron chi connectivity index (χ2n) is 5.49. The highest BCUT2D eigenvalue weighted by atomic mass is 19.4. The molecule has 1 aromatic carbocycles. The summed E-state index contributed by atoms with van der Waals surface area (Å²) in [6, 6.07) is 1.86. The molecule has 0 radical (unpaired) electrons. The topological polar surface area (TPSA) is 41.1 Å². The van der Waals surface area contributed by atoms with Crippen LogP contribution in [-0.2, 0) is 4.79 Å². The van der Waals surface area contributed by atoms with Crippen LogP contribution in [0.25, 0.3) is 0 Å². The van der Waals surface area contributed by atoms with Crippen LogP contribution in [0.1, 0.15) is 30.9 Å². The highest BCUT2D eigenvalue weighted by Crippen LogP contribution is 2.33. The Hall–Kier alpha value is -1.63. The number of hydrogen-bond acceptors (Lipinski definition) is 2. The van der Waals surface area contributed by atoms with E-state index < -0.39 is 23.9 Å². The number of carbonyl (C=O) groups excluding carboxylic acids is 1. The van der Waals surface area contributed by atoms with Crippen LogP contribution in [0, 0.1) is 11.7 Å². The van der Waals surface area contributed by atoms with Gasteiger partial charge in [0.2, 0.25) is 5.91 Å². The summed E-state index contributed by atoms with van der Waals surface area (Å²) in [5, 5.41) is 5.15. The van der Waals surface area contributed by atoms with E-state index in [9.17, 15) is 22.4 Å². The molecule has 0 saturated carbocycles. The number of amides is 1. The summed E-state index contributed by atoms with van der Waals surface area (Å²) in [5.41, 5.74) is -0.176. The molecule has 1 heterocycles. The van der Waals surface area contributed by atoms with E-state index in [1.807, 2.05) is 5.32 Å². The average Bonchev–Trinajstić information content (AvgIpc) is 2.96. The fourth-order valence-corrected chi connectivity index (χ4v) is 2.54. The van der Waals surface area contributed by atoms with Crippen molar-refractivity contribution in [3.05, 3.63) is 35.6 Å². The van der Waals surface area contributed by atoms with E-state index in [1.54, 1.807) is 0 Å². The molecule has 1 amide bonds. The Morgan fingerprint density at radius 1 is 1.32 bits per heavy atom. The van der Waals surface area contributed by atoms with Crippen LogP contribution in [0.2, 0.25) is 0 Å². The van der Waals surface area contributed by atoms with Crippen molar-refractivity contribution in [2.24, 2.45) is 5.92 Å². The van der Waals surface area contributed by atoms with Gasteiger partial charge in [-0.2, -0.15) is 13.2 Å². The molecular formula is C15H18F4N2O. The molecule has 2 N–H and O–H groups in total. The number of rotatable bonds is 5. The molecule has 0 spiro atoms. The van der Waals surface area contributed by atoms with Gasteiger partial charge in [0.15, 0.2) is 6.04 Å². The lowest BCUT2D eigenvalue weighted by Gasteiger charge is -2.22. The third kappa shape index (κ3) is 4.69. The molecule has 1 aliphatic rings. The van der Waals surface area contributed by atoms with Crippen molar-refractivity contribution in [3.63, 3.8) is 0 Å². The van der Waals surface area contributed by atoms with Crippen molar-refractivity contribution < 1.29 is 22.4 Å². The summed E-state index contributed by atoms with van der Waals surface area (Å²) >= 11 is 0. The predicted molar refractivity (Wildman–Crippen MR) is 73.5 cm³/mol. The molecule has 1 fully saturated rings. The molecule has 1 saturated heterocycles. The zero-order valence-corrected chi connectivity index (χ0v) is 11.9. The summed E-state index contributed by atoms with van der Waals surface area (Å²) in [4.78, 5) is 11.8. The number of carbonyl (C=O) groups is 1. The molecule has 0 aromatic heterocycles. The Bertz CT molecular complexity index is 495. The van der Waals surface area contributed by atoms with Gasteiger partial charge < -0.3 is 10.6 Å². The van der Waals surface area contributed by atoms with Gasteiger partial charge in [-0.25, -0.2) is 4.39 Å². The Labute approximate surface area is 126 Å². The van der Waals surface area contributed by atoms with Crippen LogP contribution < -0.4 is 10.6 Å². The number of hydrogen-bond donors (Lipinski definition) is 2. The Morgan fingerprint density at radius 3 is 2.55 bits per heavy atom. The first-order valence-electron chi connectivity index (χ1n) is 7.18. The van der Waals surface area contributed by atoms with Crippen LogP contribution in [0.15, 0.2) is 24.3 Å². The van der Waals surface area contributed by atoms with Crippen molar-refractivity contribution in [3.8, 4) is 0 Å². The van der Waals surface area contributed by atoms with E-state index in [2.05, 4.69) is 5.32 Å². The molecule has 2 atom stereocenters. The Balaban J connectivity index is 1.97. The number of benzene rings is 1. The predicted octanol–water partition coefficient (Wildman–Crippen LogP) is 2.94. The van der Waals surface area contributed by atoms with Gasteiger partial charge in [0.05, 0.1) is 0 Å². The van der Waals surface area contributed by atoms with Gasteiger partial charge in [-0.15, -0.1) is 0 Å². The van der Waals surface area contributed by atoms with Gasteiger partial charge in [0, 0.05) is 6.42 Å². The molecule has 22 heavy (non-hydrogen) atoms. The molecule has 3 nitrogen and oxygen atoms in total. The molecule has 2 unspecified atom stereocenters. The van der Waals surface area contributed by atoms with Gasteiger partial charge in [-0.1, -0.05) is 12.1 Å². The zero-order valence-electron chi connectivity index (χ0n) is 11.9. The quantitative estimate of drug-likeness (QED) is 0.820. The second kappa shape index (κ2) is 7.09. The molecule has 0 aliphatic carbocycles. The first-order chi connectivity index (χ1) is 10.4. The van der Waals surface area contributed by atoms with Crippen LogP contribution in [0.3, 0.4) is 0 Å². The van der Waals surface area contributed by atoms with Crippen LogP contribution in [0.4, 0.5) is 17.6 Å². The van der Waals surface area contributed by atoms with Crippen molar-refractivity contribution in [2.45, 2.75) is 31.5 Å². The fourth-order valence-electron chi connectivity index (χ4n) is 2.54. The highest BCUT2D eigenvalue weighted by Gasteiger charge is 2.41. The van der Waals surface area contributed by atoms with Crippen molar-refractivity contribution in [1.29, 1.82) is 0 Å². The normalized spacial score (nSPS) is 19.9. The van der Waals surface area contributed by atoms with Crippen molar-refractivity contribution in [1.82, 2.24) is 10.6 Å². The third-order valence-electron chi connectivity index (χ3n) is 3.78. The molecular weight excluding hydrogens is 300 g/mol.